The van der Waals surface area contributed by atoms with E-state index in [1.165, 1.54) is 0 Å². The summed E-state index contributed by atoms with van der Waals surface area (Å²) >= 11 is 0. The van der Waals surface area contributed by atoms with Crippen molar-refractivity contribution in [2.24, 2.45) is 5.73 Å². The lowest BCUT2D eigenvalue weighted by molar-refractivity contribution is 0.0275. The quantitative estimate of drug-likeness (QED) is 0.929. The molecule has 21 heavy (non-hydrogen) atoms. The lowest BCUT2D eigenvalue weighted by Crippen LogP contribution is -2.36. The van der Waals surface area contributed by atoms with Gasteiger partial charge in [0.1, 0.15) is 17.5 Å². The van der Waals surface area contributed by atoms with Crippen LogP contribution in [0.1, 0.15) is 32.8 Å². The SMILES string of the molecule is CC(C)(C)OC(=O)N1CC[C@H](Oc2ccccc2CN)C1. The highest BCUT2D eigenvalue weighted by Gasteiger charge is 2.31. The van der Waals surface area contributed by atoms with Crippen LogP contribution < -0.4 is 10.5 Å². The molecule has 1 saturated heterocycles. The Labute approximate surface area is 126 Å². The number of nitrogens with two attached hydrogens (primary N) is 1. The molecule has 5 heteroatoms. The third kappa shape index (κ3) is 4.36. The minimum atomic E-state index is -0.470. The van der Waals surface area contributed by atoms with Gasteiger partial charge in [-0.3, -0.25) is 0 Å². The average Bonchev–Trinajstić information content (AvgIpc) is 2.86. The lowest BCUT2D eigenvalue weighted by atomic mass is 10.2. The first-order valence-corrected chi connectivity index (χ1v) is 7.31. The lowest BCUT2D eigenvalue weighted by Gasteiger charge is -2.24. The Kier molecular flexibility index (Phi) is 4.73. The molecular weight excluding hydrogens is 268 g/mol. The van der Waals surface area contributed by atoms with Gasteiger partial charge in [-0.25, -0.2) is 4.79 Å². The van der Waals surface area contributed by atoms with Crippen molar-refractivity contribution in [1.82, 2.24) is 4.90 Å². The van der Waals surface area contributed by atoms with E-state index in [1.807, 2.05) is 45.0 Å². The fourth-order valence-electron chi connectivity index (χ4n) is 2.28. The van der Waals surface area contributed by atoms with Crippen molar-refractivity contribution < 1.29 is 14.3 Å². The monoisotopic (exact) mass is 292 g/mol. The number of hydrogen-bond donors (Lipinski definition) is 1. The molecule has 0 saturated carbocycles. The Hall–Kier alpha value is -1.75. The standard InChI is InChI=1S/C16H24N2O3/c1-16(2,3)21-15(19)18-9-8-13(11-18)20-14-7-5-4-6-12(14)10-17/h4-7,13H,8-11,17H2,1-3H3/t13-/m0/s1. The molecule has 0 radical (unpaired) electrons. The van der Waals surface area contributed by atoms with Gasteiger partial charge in [-0.1, -0.05) is 18.2 Å². The first-order chi connectivity index (χ1) is 9.89. The van der Waals surface area contributed by atoms with Gasteiger partial charge >= 0.3 is 6.09 Å². The third-order valence-corrected chi connectivity index (χ3v) is 3.28. The molecule has 0 aliphatic carbocycles. The zero-order chi connectivity index (χ0) is 15.5. The number of carbonyl (C=O) groups excluding carboxylic acids is 1. The number of carbonyl (C=O) groups is 1. The van der Waals surface area contributed by atoms with E-state index in [4.69, 9.17) is 15.2 Å². The zero-order valence-electron chi connectivity index (χ0n) is 13.0. The fraction of sp³-hybridized carbons (Fsp3) is 0.562. The highest BCUT2D eigenvalue weighted by molar-refractivity contribution is 5.68. The third-order valence-electron chi connectivity index (χ3n) is 3.28. The number of amides is 1. The molecular formula is C16H24N2O3. The second kappa shape index (κ2) is 6.35. The van der Waals surface area contributed by atoms with Crippen molar-refractivity contribution in [3.8, 4) is 5.75 Å². The number of likely N-dealkylation sites (tertiary alicyclic amines) is 1. The van der Waals surface area contributed by atoms with E-state index in [9.17, 15) is 4.79 Å². The zero-order valence-corrected chi connectivity index (χ0v) is 13.0. The van der Waals surface area contributed by atoms with Crippen LogP contribution in [0.4, 0.5) is 4.79 Å². The molecule has 1 aromatic rings. The van der Waals surface area contributed by atoms with Crippen LogP contribution in [0.15, 0.2) is 24.3 Å². The van der Waals surface area contributed by atoms with E-state index in [-0.39, 0.29) is 12.2 Å². The molecule has 1 heterocycles. The number of benzene rings is 1. The molecule has 1 aliphatic rings. The van der Waals surface area contributed by atoms with E-state index in [2.05, 4.69) is 0 Å². The van der Waals surface area contributed by atoms with Crippen molar-refractivity contribution in [1.29, 1.82) is 0 Å². The van der Waals surface area contributed by atoms with E-state index < -0.39 is 5.60 Å². The largest absolute Gasteiger partial charge is 0.488 e. The summed E-state index contributed by atoms with van der Waals surface area (Å²) in [5.74, 6) is 0.802. The second-order valence-corrected chi connectivity index (χ2v) is 6.27. The summed E-state index contributed by atoms with van der Waals surface area (Å²) in [5, 5.41) is 0. The molecule has 2 rings (SSSR count). The summed E-state index contributed by atoms with van der Waals surface area (Å²) in [6.45, 7) is 7.25. The highest BCUT2D eigenvalue weighted by atomic mass is 16.6. The van der Waals surface area contributed by atoms with Crippen LogP contribution in [0, 0.1) is 0 Å². The van der Waals surface area contributed by atoms with Crippen molar-refractivity contribution in [3.05, 3.63) is 29.8 Å². The maximum atomic E-state index is 12.0. The van der Waals surface area contributed by atoms with Gasteiger partial charge in [0.15, 0.2) is 0 Å². The summed E-state index contributed by atoms with van der Waals surface area (Å²) in [6.07, 6.45) is 0.518. The van der Waals surface area contributed by atoms with Crippen LogP contribution in [0.5, 0.6) is 5.75 Å². The Bertz CT molecular complexity index is 497. The van der Waals surface area contributed by atoms with Gasteiger partial charge in [0, 0.05) is 25.1 Å². The summed E-state index contributed by atoms with van der Waals surface area (Å²) in [7, 11) is 0. The molecule has 5 nitrogen and oxygen atoms in total. The highest BCUT2D eigenvalue weighted by Crippen LogP contribution is 2.23. The maximum Gasteiger partial charge on any atom is 0.410 e. The summed E-state index contributed by atoms with van der Waals surface area (Å²) in [5.41, 5.74) is 6.22. The van der Waals surface area contributed by atoms with Crippen molar-refractivity contribution in [3.63, 3.8) is 0 Å². The van der Waals surface area contributed by atoms with Gasteiger partial charge in [0.05, 0.1) is 6.54 Å². The van der Waals surface area contributed by atoms with Gasteiger partial charge in [-0.2, -0.15) is 0 Å². The number of para-hydroxylation sites is 1. The molecule has 1 amide bonds. The Balaban J connectivity index is 1.92. The van der Waals surface area contributed by atoms with Crippen LogP contribution in [0.2, 0.25) is 0 Å². The molecule has 1 aliphatic heterocycles. The Morgan fingerprint density at radius 3 is 2.76 bits per heavy atom. The first-order valence-electron chi connectivity index (χ1n) is 7.31. The average molecular weight is 292 g/mol. The Morgan fingerprint density at radius 2 is 2.10 bits per heavy atom. The molecule has 0 spiro atoms. The van der Waals surface area contributed by atoms with E-state index in [1.54, 1.807) is 4.90 Å². The van der Waals surface area contributed by atoms with E-state index >= 15 is 0 Å². The molecule has 116 valence electrons. The number of nitrogens with zero attached hydrogens (tertiary/aromatic N) is 1. The van der Waals surface area contributed by atoms with Crippen molar-refractivity contribution in [2.75, 3.05) is 13.1 Å². The summed E-state index contributed by atoms with van der Waals surface area (Å²) < 4.78 is 11.4. The van der Waals surface area contributed by atoms with Gasteiger partial charge in [0.2, 0.25) is 0 Å². The second-order valence-electron chi connectivity index (χ2n) is 6.27. The van der Waals surface area contributed by atoms with Gasteiger partial charge in [-0.15, -0.1) is 0 Å². The summed E-state index contributed by atoms with van der Waals surface area (Å²) in [6, 6.07) is 7.74. The van der Waals surface area contributed by atoms with Crippen LogP contribution >= 0.6 is 0 Å². The molecule has 1 aromatic carbocycles. The molecule has 0 unspecified atom stereocenters. The fourth-order valence-corrected chi connectivity index (χ4v) is 2.28. The van der Waals surface area contributed by atoms with Crippen molar-refractivity contribution >= 4 is 6.09 Å². The number of ether oxygens (including phenoxy) is 2. The number of hydrogen-bond acceptors (Lipinski definition) is 4. The number of rotatable bonds is 3. The normalized spacial score (nSPS) is 18.7. The smallest absolute Gasteiger partial charge is 0.410 e. The van der Waals surface area contributed by atoms with Crippen molar-refractivity contribution in [2.45, 2.75) is 45.4 Å². The first kappa shape index (κ1) is 15.6. The molecule has 1 fully saturated rings. The predicted molar refractivity (Wildman–Crippen MR) is 81.2 cm³/mol. The van der Waals surface area contributed by atoms with E-state index in [0.29, 0.717) is 19.6 Å². The molecule has 0 bridgehead atoms. The molecule has 1 atom stereocenters. The van der Waals surface area contributed by atoms with E-state index in [0.717, 1.165) is 17.7 Å². The molecule has 2 N–H and O–H groups in total. The topological polar surface area (TPSA) is 64.8 Å². The maximum absolute atomic E-state index is 12.0. The van der Waals surface area contributed by atoms with Gasteiger partial charge < -0.3 is 20.1 Å². The Morgan fingerprint density at radius 1 is 1.38 bits per heavy atom. The van der Waals surface area contributed by atoms with Crippen LogP contribution in [0.25, 0.3) is 0 Å². The molecule has 0 aromatic heterocycles. The van der Waals surface area contributed by atoms with Crippen LogP contribution in [0.3, 0.4) is 0 Å². The minimum Gasteiger partial charge on any atom is -0.488 e. The minimum absolute atomic E-state index is 0.00906. The predicted octanol–water partition coefficient (Wildman–Crippen LogP) is 2.53. The van der Waals surface area contributed by atoms with Gasteiger partial charge in [-0.05, 0) is 26.8 Å². The van der Waals surface area contributed by atoms with Gasteiger partial charge in [0.25, 0.3) is 0 Å². The van der Waals surface area contributed by atoms with Crippen LogP contribution in [-0.4, -0.2) is 35.8 Å². The summed E-state index contributed by atoms with van der Waals surface area (Å²) in [4.78, 5) is 13.7. The van der Waals surface area contributed by atoms with Crippen LogP contribution in [-0.2, 0) is 11.3 Å².